The van der Waals surface area contributed by atoms with E-state index in [-0.39, 0.29) is 12.2 Å². The van der Waals surface area contributed by atoms with Crippen molar-refractivity contribution >= 4 is 11.8 Å². The Kier molecular flexibility index (Phi) is 9.92. The minimum Gasteiger partial charge on any atom is -0.386 e. The second-order valence-electron chi connectivity index (χ2n) is 7.58. The molecule has 0 bridgehead atoms. The van der Waals surface area contributed by atoms with Crippen molar-refractivity contribution < 1.29 is 20.8 Å². The average molecular weight is 347 g/mol. The van der Waals surface area contributed by atoms with Crippen molar-refractivity contribution in [3.05, 3.63) is 0 Å². The number of aliphatic hydroxyl groups is 2. The summed E-state index contributed by atoms with van der Waals surface area (Å²) in [6.45, 7) is 1.64. The summed E-state index contributed by atoms with van der Waals surface area (Å²) in [7, 11) is 0. The molecule has 0 amide bonds. The van der Waals surface area contributed by atoms with E-state index in [1.807, 2.05) is 0 Å². The molecule has 136 valence electrons. The summed E-state index contributed by atoms with van der Waals surface area (Å²) in [6.07, 6.45) is 13.0. The van der Waals surface area contributed by atoms with Crippen LogP contribution in [0.3, 0.4) is 0 Å². The van der Waals surface area contributed by atoms with Gasteiger partial charge in [0.15, 0.2) is 0 Å². The molecule has 0 aliphatic heterocycles. The van der Waals surface area contributed by atoms with Gasteiger partial charge in [0, 0.05) is 11.5 Å². The van der Waals surface area contributed by atoms with Crippen LogP contribution in [0.4, 0.5) is 0 Å². The van der Waals surface area contributed by atoms with Crippen molar-refractivity contribution in [3.63, 3.8) is 0 Å². The van der Waals surface area contributed by atoms with E-state index in [0.29, 0.717) is 0 Å². The van der Waals surface area contributed by atoms with Gasteiger partial charge in [-0.2, -0.15) is 11.8 Å². The molecule has 0 radical (unpaired) electrons. The second kappa shape index (κ2) is 11.7. The Morgan fingerprint density at radius 2 is 1.09 bits per heavy atom. The Hall–Kier alpha value is 0.190. The molecule has 0 aromatic heterocycles. The predicted octanol–water partition coefficient (Wildman–Crippen LogP) is 0.234. The van der Waals surface area contributed by atoms with Crippen LogP contribution in [0.25, 0.3) is 0 Å². The second-order valence-corrected chi connectivity index (χ2v) is 8.66. The van der Waals surface area contributed by atoms with Gasteiger partial charge in [-0.15, -0.1) is 0 Å². The molecule has 2 fully saturated rings. The highest BCUT2D eigenvalue weighted by molar-refractivity contribution is 7.99. The smallest absolute Gasteiger partial charge is 0.112 e. The van der Waals surface area contributed by atoms with Gasteiger partial charge in [0.25, 0.3) is 0 Å². The van der Waals surface area contributed by atoms with Crippen LogP contribution in [-0.4, -0.2) is 59.1 Å². The topological polar surface area (TPSA) is 73.7 Å². The van der Waals surface area contributed by atoms with Gasteiger partial charge in [-0.25, -0.2) is 0 Å². The molecule has 2 aliphatic rings. The zero-order chi connectivity index (χ0) is 16.3. The zero-order valence-corrected chi connectivity index (χ0v) is 15.5. The molecule has 23 heavy (non-hydrogen) atoms. The fraction of sp³-hybridized carbons (Fsp3) is 1.00. The summed E-state index contributed by atoms with van der Waals surface area (Å²) in [5.74, 6) is 1.51. The van der Waals surface area contributed by atoms with Crippen LogP contribution < -0.4 is 10.6 Å². The minimum absolute atomic E-state index is 0.239. The lowest BCUT2D eigenvalue weighted by atomic mass is 9.95. The van der Waals surface area contributed by atoms with Gasteiger partial charge in [0.05, 0.1) is 12.1 Å². The summed E-state index contributed by atoms with van der Waals surface area (Å²) in [4.78, 5) is 0. The summed E-state index contributed by atoms with van der Waals surface area (Å²) in [5, 5.41) is 24.9. The highest BCUT2D eigenvalue weighted by Gasteiger charge is 2.19. The van der Waals surface area contributed by atoms with Crippen molar-refractivity contribution in [2.75, 3.05) is 24.6 Å². The molecule has 4 nitrogen and oxygen atoms in total. The van der Waals surface area contributed by atoms with E-state index in [1.165, 1.54) is 64.2 Å². The lowest BCUT2D eigenvalue weighted by Gasteiger charge is -2.22. The largest absolute Gasteiger partial charge is 0.386 e. The number of rotatable bonds is 10. The highest BCUT2D eigenvalue weighted by atomic mass is 32.2. The molecule has 0 aromatic carbocycles. The maximum Gasteiger partial charge on any atom is 0.112 e. The quantitative estimate of drug-likeness (QED) is 0.458. The zero-order valence-electron chi connectivity index (χ0n) is 14.7. The van der Waals surface area contributed by atoms with Crippen LogP contribution >= 0.6 is 11.8 Å². The average Bonchev–Trinajstić information content (AvgIpc) is 2.60. The number of thioether (sulfide) groups is 1. The molecule has 2 rings (SSSR count). The molecular formula is C18H38N2O2S+2. The van der Waals surface area contributed by atoms with Gasteiger partial charge < -0.3 is 20.8 Å². The minimum atomic E-state index is -0.239. The Morgan fingerprint density at radius 3 is 1.48 bits per heavy atom. The summed E-state index contributed by atoms with van der Waals surface area (Å²) < 4.78 is 0. The summed E-state index contributed by atoms with van der Waals surface area (Å²) >= 11 is 1.70. The Bertz CT molecular complexity index is 267. The maximum atomic E-state index is 10.1. The number of quaternary nitrogens is 2. The molecular weight excluding hydrogens is 308 g/mol. The Balaban J connectivity index is 1.44. The van der Waals surface area contributed by atoms with Gasteiger partial charge in [-0.05, 0) is 51.4 Å². The highest BCUT2D eigenvalue weighted by Crippen LogP contribution is 2.15. The normalized spacial score (nSPS) is 23.7. The van der Waals surface area contributed by atoms with Crippen LogP contribution in [0.5, 0.6) is 0 Å². The molecule has 0 aromatic rings. The SMILES string of the molecule is O[C@H](C[NH2+]C1CCCCC1)CSC[C@@H](O)C[NH2+]C1CCCCC1. The fourth-order valence-electron chi connectivity index (χ4n) is 3.92. The van der Waals surface area contributed by atoms with E-state index in [2.05, 4.69) is 10.6 Å². The summed E-state index contributed by atoms with van der Waals surface area (Å²) in [6, 6.07) is 1.47. The van der Waals surface area contributed by atoms with Crippen molar-refractivity contribution in [1.82, 2.24) is 0 Å². The first kappa shape index (κ1) is 19.5. The third kappa shape index (κ3) is 8.73. The molecule has 0 spiro atoms. The van der Waals surface area contributed by atoms with E-state index in [1.54, 1.807) is 11.8 Å². The van der Waals surface area contributed by atoms with Crippen molar-refractivity contribution in [2.24, 2.45) is 0 Å². The van der Waals surface area contributed by atoms with Gasteiger partial charge in [0.1, 0.15) is 25.3 Å². The van der Waals surface area contributed by atoms with E-state index in [4.69, 9.17) is 0 Å². The number of aliphatic hydroxyl groups excluding tert-OH is 2. The van der Waals surface area contributed by atoms with Crippen LogP contribution in [0, 0.1) is 0 Å². The number of hydrogen-bond donors (Lipinski definition) is 4. The monoisotopic (exact) mass is 346 g/mol. The first-order valence-electron chi connectivity index (χ1n) is 9.84. The molecule has 0 heterocycles. The van der Waals surface area contributed by atoms with Crippen LogP contribution in [0.2, 0.25) is 0 Å². The van der Waals surface area contributed by atoms with Gasteiger partial charge in [-0.1, -0.05) is 12.8 Å². The summed E-state index contributed by atoms with van der Waals surface area (Å²) in [5.41, 5.74) is 0. The van der Waals surface area contributed by atoms with Gasteiger partial charge in [-0.3, -0.25) is 0 Å². The maximum absolute atomic E-state index is 10.1. The fourth-order valence-corrected chi connectivity index (χ4v) is 4.87. The molecule has 5 heteroatoms. The molecule has 6 N–H and O–H groups in total. The third-order valence-electron chi connectivity index (χ3n) is 5.40. The van der Waals surface area contributed by atoms with Crippen LogP contribution in [-0.2, 0) is 0 Å². The third-order valence-corrected chi connectivity index (χ3v) is 6.64. The number of hydrogen-bond acceptors (Lipinski definition) is 3. The van der Waals surface area contributed by atoms with E-state index in [9.17, 15) is 10.2 Å². The van der Waals surface area contributed by atoms with Crippen molar-refractivity contribution in [3.8, 4) is 0 Å². The number of nitrogens with two attached hydrogens (primary N) is 2. The van der Waals surface area contributed by atoms with Crippen LogP contribution in [0.1, 0.15) is 64.2 Å². The molecule has 0 saturated heterocycles. The van der Waals surface area contributed by atoms with Gasteiger partial charge in [0.2, 0.25) is 0 Å². The van der Waals surface area contributed by atoms with E-state index < -0.39 is 0 Å². The molecule has 2 saturated carbocycles. The van der Waals surface area contributed by atoms with Gasteiger partial charge >= 0.3 is 0 Å². The van der Waals surface area contributed by atoms with Crippen molar-refractivity contribution in [1.29, 1.82) is 0 Å². The lowest BCUT2D eigenvalue weighted by Crippen LogP contribution is -2.92. The molecule has 0 unspecified atom stereocenters. The first-order valence-corrected chi connectivity index (χ1v) is 11.0. The first-order chi connectivity index (χ1) is 11.2. The lowest BCUT2D eigenvalue weighted by molar-refractivity contribution is -0.696. The van der Waals surface area contributed by atoms with Crippen molar-refractivity contribution in [2.45, 2.75) is 88.5 Å². The molecule has 2 atom stereocenters. The Morgan fingerprint density at radius 1 is 0.696 bits per heavy atom. The van der Waals surface area contributed by atoms with E-state index >= 15 is 0 Å². The Labute approximate surface area is 146 Å². The predicted molar refractivity (Wildman–Crippen MR) is 96.7 cm³/mol. The van der Waals surface area contributed by atoms with Crippen LogP contribution in [0.15, 0.2) is 0 Å². The standard InChI is InChI=1S/C18H36N2O2S/c21-17(11-19-15-7-3-1-4-8-15)13-23-14-18(22)12-20-16-9-5-2-6-10-16/h15-22H,1-14H2/p+2/t17-,18+. The molecule has 2 aliphatic carbocycles. The van der Waals surface area contributed by atoms with E-state index in [0.717, 1.165) is 36.7 Å².